The van der Waals surface area contributed by atoms with Crippen molar-refractivity contribution in [2.75, 3.05) is 20.1 Å². The van der Waals surface area contributed by atoms with Crippen LogP contribution in [0.15, 0.2) is 41.8 Å². The third-order valence-corrected chi connectivity index (χ3v) is 6.41. The number of halogens is 1. The van der Waals surface area contributed by atoms with Crippen LogP contribution in [0.2, 0.25) is 0 Å². The Morgan fingerprint density at radius 3 is 2.72 bits per heavy atom. The maximum absolute atomic E-state index is 14.2. The van der Waals surface area contributed by atoms with Crippen molar-refractivity contribution in [2.24, 2.45) is 0 Å². The molecule has 0 unspecified atom stereocenters. The van der Waals surface area contributed by atoms with Crippen LogP contribution in [0.4, 0.5) is 4.39 Å². The van der Waals surface area contributed by atoms with Crippen LogP contribution in [0.3, 0.4) is 0 Å². The first-order valence-corrected chi connectivity index (χ1v) is 9.80. The normalized spacial score (nSPS) is 20.1. The Balaban J connectivity index is 1.72. The summed E-state index contributed by atoms with van der Waals surface area (Å²) in [5.74, 6) is -0.394. The maximum Gasteiger partial charge on any atom is 0.263 e. The molecule has 0 aliphatic carbocycles. The summed E-state index contributed by atoms with van der Waals surface area (Å²) in [4.78, 5) is 28.8. The second-order valence-corrected chi connectivity index (χ2v) is 8.26. The Bertz CT molecular complexity index is 766. The zero-order chi connectivity index (χ0) is 18.0. The number of amides is 2. The lowest BCUT2D eigenvalue weighted by Crippen LogP contribution is -2.39. The van der Waals surface area contributed by atoms with Crippen LogP contribution < -0.4 is 0 Å². The minimum absolute atomic E-state index is 0.0183. The number of thioether (sulfide) groups is 1. The van der Waals surface area contributed by atoms with E-state index in [2.05, 4.69) is 0 Å². The van der Waals surface area contributed by atoms with E-state index in [0.29, 0.717) is 23.5 Å². The molecule has 1 aliphatic heterocycles. The first kappa shape index (κ1) is 17.9. The van der Waals surface area contributed by atoms with Gasteiger partial charge in [0, 0.05) is 25.7 Å². The minimum atomic E-state index is -0.353. The van der Waals surface area contributed by atoms with Crippen molar-refractivity contribution in [2.45, 2.75) is 17.5 Å². The molecular formula is C18H19FN2O2S2. The number of nitrogens with zero attached hydrogens (tertiary/aromatic N) is 2. The van der Waals surface area contributed by atoms with Gasteiger partial charge in [-0.25, -0.2) is 4.39 Å². The molecule has 0 radical (unpaired) electrons. The molecular weight excluding hydrogens is 359 g/mol. The molecule has 0 saturated carbocycles. The summed E-state index contributed by atoms with van der Waals surface area (Å²) in [5, 5.41) is 1.29. The molecule has 2 atom stereocenters. The number of hydrogen-bond acceptors (Lipinski definition) is 4. The summed E-state index contributed by atoms with van der Waals surface area (Å²) in [6.07, 6.45) is 0. The molecule has 2 amide bonds. The molecule has 132 valence electrons. The molecule has 2 aromatic rings. The van der Waals surface area contributed by atoms with Crippen LogP contribution >= 0.6 is 23.1 Å². The van der Waals surface area contributed by atoms with Crippen molar-refractivity contribution >= 4 is 34.9 Å². The highest BCUT2D eigenvalue weighted by atomic mass is 32.2. The number of benzene rings is 1. The third-order valence-electron chi connectivity index (χ3n) is 4.17. The summed E-state index contributed by atoms with van der Waals surface area (Å²) in [5.41, 5.74) is 0.512. The molecule has 25 heavy (non-hydrogen) atoms. The average molecular weight is 378 g/mol. The molecule has 3 rings (SSSR count). The Kier molecular flexibility index (Phi) is 5.44. The van der Waals surface area contributed by atoms with Crippen LogP contribution in [0, 0.1) is 5.82 Å². The van der Waals surface area contributed by atoms with Gasteiger partial charge in [0.2, 0.25) is 5.91 Å². The lowest BCUT2D eigenvalue weighted by Gasteiger charge is -2.27. The highest BCUT2D eigenvalue weighted by molar-refractivity contribution is 8.01. The van der Waals surface area contributed by atoms with Gasteiger partial charge in [-0.3, -0.25) is 9.59 Å². The highest BCUT2D eigenvalue weighted by Crippen LogP contribution is 2.43. The fraction of sp³-hybridized carbons (Fsp3) is 0.333. The lowest BCUT2D eigenvalue weighted by atomic mass is 10.2. The van der Waals surface area contributed by atoms with E-state index in [4.69, 9.17) is 0 Å². The molecule has 1 aromatic carbocycles. The summed E-state index contributed by atoms with van der Waals surface area (Å²) in [6.45, 7) is 2.62. The Hall–Kier alpha value is -1.86. The molecule has 0 bridgehead atoms. The van der Waals surface area contributed by atoms with Crippen LogP contribution in [0.1, 0.15) is 27.5 Å². The SMILES string of the molecule is C[C@@H]1S[C@H](c2ccccc2F)N(CCN(C)C(=O)c2cccs2)C1=O. The fourth-order valence-corrected chi connectivity index (χ4v) is 4.82. The second kappa shape index (κ2) is 7.58. The Labute approximate surface area is 154 Å². The van der Waals surface area contributed by atoms with Crippen LogP contribution in [-0.4, -0.2) is 47.0 Å². The number of hydrogen-bond donors (Lipinski definition) is 0. The summed E-state index contributed by atoms with van der Waals surface area (Å²) >= 11 is 2.83. The first-order chi connectivity index (χ1) is 12.0. The molecule has 0 N–H and O–H groups in total. The smallest absolute Gasteiger partial charge is 0.263 e. The summed E-state index contributed by atoms with van der Waals surface area (Å²) in [7, 11) is 1.72. The van der Waals surface area contributed by atoms with Crippen molar-refractivity contribution in [3.63, 3.8) is 0 Å². The van der Waals surface area contributed by atoms with Gasteiger partial charge in [0.1, 0.15) is 11.2 Å². The average Bonchev–Trinajstić information content (AvgIpc) is 3.22. The van der Waals surface area contributed by atoms with Gasteiger partial charge in [-0.2, -0.15) is 0 Å². The van der Waals surface area contributed by atoms with E-state index < -0.39 is 0 Å². The molecule has 1 aliphatic rings. The number of carbonyl (C=O) groups excluding carboxylic acids is 2. The van der Waals surface area contributed by atoms with Crippen molar-refractivity contribution < 1.29 is 14.0 Å². The second-order valence-electron chi connectivity index (χ2n) is 5.89. The van der Waals surface area contributed by atoms with Gasteiger partial charge in [0.15, 0.2) is 0 Å². The van der Waals surface area contributed by atoms with E-state index in [-0.39, 0.29) is 28.3 Å². The zero-order valence-corrected chi connectivity index (χ0v) is 15.6. The van der Waals surface area contributed by atoms with Crippen LogP contribution in [0.25, 0.3) is 0 Å². The quantitative estimate of drug-likeness (QED) is 0.798. The largest absolute Gasteiger partial charge is 0.339 e. The summed E-state index contributed by atoms with van der Waals surface area (Å²) in [6, 6.07) is 10.2. The molecule has 1 fully saturated rings. The zero-order valence-electron chi connectivity index (χ0n) is 14.0. The molecule has 7 heteroatoms. The number of thiophene rings is 1. The topological polar surface area (TPSA) is 40.6 Å². The van der Waals surface area contributed by atoms with Gasteiger partial charge in [-0.15, -0.1) is 23.1 Å². The number of rotatable bonds is 5. The van der Waals surface area contributed by atoms with Crippen molar-refractivity contribution in [3.8, 4) is 0 Å². The predicted octanol–water partition coefficient (Wildman–Crippen LogP) is 3.62. The molecule has 4 nitrogen and oxygen atoms in total. The summed E-state index contributed by atoms with van der Waals surface area (Å²) < 4.78 is 14.2. The van der Waals surface area contributed by atoms with Gasteiger partial charge >= 0.3 is 0 Å². The first-order valence-electron chi connectivity index (χ1n) is 7.98. The van der Waals surface area contributed by atoms with Gasteiger partial charge in [0.05, 0.1) is 10.1 Å². The lowest BCUT2D eigenvalue weighted by molar-refractivity contribution is -0.130. The number of likely N-dealkylation sites (N-methyl/N-ethyl adjacent to an activating group) is 1. The highest BCUT2D eigenvalue weighted by Gasteiger charge is 2.39. The monoisotopic (exact) mass is 378 g/mol. The van der Waals surface area contributed by atoms with E-state index in [0.717, 1.165) is 0 Å². The van der Waals surface area contributed by atoms with Gasteiger partial charge in [0.25, 0.3) is 5.91 Å². The van der Waals surface area contributed by atoms with E-state index in [1.807, 2.05) is 18.4 Å². The van der Waals surface area contributed by atoms with Gasteiger partial charge < -0.3 is 9.80 Å². The standard InChI is InChI=1S/C18H19FN2O2S2/c1-12-16(22)21(18(25-12)13-6-3-4-7-14(13)19)10-9-20(2)17(23)15-8-5-11-24-15/h3-8,11-12,18H,9-10H2,1-2H3/t12-,18+/m0/s1. The molecule has 2 heterocycles. The van der Waals surface area contributed by atoms with E-state index in [1.165, 1.54) is 29.2 Å². The molecule has 1 aromatic heterocycles. The van der Waals surface area contributed by atoms with Crippen LogP contribution in [-0.2, 0) is 4.79 Å². The van der Waals surface area contributed by atoms with Crippen molar-refractivity contribution in [1.82, 2.24) is 9.80 Å². The van der Waals surface area contributed by atoms with E-state index in [1.54, 1.807) is 41.1 Å². The van der Waals surface area contributed by atoms with Crippen molar-refractivity contribution in [1.29, 1.82) is 0 Å². The fourth-order valence-electron chi connectivity index (χ4n) is 2.77. The molecule has 0 spiro atoms. The Morgan fingerprint density at radius 1 is 1.28 bits per heavy atom. The minimum Gasteiger partial charge on any atom is -0.339 e. The van der Waals surface area contributed by atoms with E-state index in [9.17, 15) is 14.0 Å². The third kappa shape index (κ3) is 3.72. The van der Waals surface area contributed by atoms with Gasteiger partial charge in [-0.05, 0) is 24.4 Å². The van der Waals surface area contributed by atoms with Crippen molar-refractivity contribution in [3.05, 3.63) is 58.0 Å². The predicted molar refractivity (Wildman–Crippen MR) is 99.2 cm³/mol. The Morgan fingerprint density at radius 2 is 2.04 bits per heavy atom. The maximum atomic E-state index is 14.2. The van der Waals surface area contributed by atoms with Gasteiger partial charge in [-0.1, -0.05) is 24.3 Å². The number of carbonyl (C=O) groups is 2. The van der Waals surface area contributed by atoms with Crippen LogP contribution in [0.5, 0.6) is 0 Å². The van der Waals surface area contributed by atoms with E-state index >= 15 is 0 Å². The molecule has 1 saturated heterocycles.